The maximum Gasteiger partial charge on any atom is 0.362 e. The van der Waals surface area contributed by atoms with Crippen LogP contribution in [0.25, 0.3) is 22.3 Å². The highest BCUT2D eigenvalue weighted by molar-refractivity contribution is 7.62. The first-order chi connectivity index (χ1) is 11.7. The van der Waals surface area contributed by atoms with Gasteiger partial charge < -0.3 is 9.05 Å². The summed E-state index contributed by atoms with van der Waals surface area (Å²) in [5.41, 5.74) is 1.55. The van der Waals surface area contributed by atoms with Crippen molar-refractivity contribution < 1.29 is 18.0 Å². The fourth-order valence-electron chi connectivity index (χ4n) is 2.60. The standard InChI is InChI=1S/C19H20O4P/c1-3-21-24(20,22-4-2)19-14-18(15-10-6-5-7-11-15)23-17-13-9-8-12-16(17)19/h5-14H,3-4H2,1-2H3/q+1. The van der Waals surface area contributed by atoms with Crippen LogP contribution >= 0.6 is 7.60 Å². The molecule has 0 bridgehead atoms. The van der Waals surface area contributed by atoms with Crippen LogP contribution in [0.3, 0.4) is 0 Å². The maximum absolute atomic E-state index is 13.3. The van der Waals surface area contributed by atoms with Gasteiger partial charge in [-0.25, -0.2) is 4.42 Å². The summed E-state index contributed by atoms with van der Waals surface area (Å²) in [5, 5.41) is 1.27. The van der Waals surface area contributed by atoms with Crippen LogP contribution in [0.1, 0.15) is 13.8 Å². The Bertz CT molecular complexity index is 867. The second-order valence-corrected chi connectivity index (χ2v) is 7.18. The molecule has 0 spiro atoms. The van der Waals surface area contributed by atoms with Gasteiger partial charge in [0.15, 0.2) is 0 Å². The van der Waals surface area contributed by atoms with Gasteiger partial charge in [-0.1, -0.05) is 30.3 Å². The van der Waals surface area contributed by atoms with Crippen molar-refractivity contribution in [3.05, 3.63) is 60.7 Å². The number of benzene rings is 2. The summed E-state index contributed by atoms with van der Waals surface area (Å²) >= 11 is 0. The van der Waals surface area contributed by atoms with Crippen molar-refractivity contribution in [3.8, 4) is 11.3 Å². The molecule has 2 aromatic carbocycles. The third-order valence-corrected chi connectivity index (χ3v) is 5.76. The Labute approximate surface area is 141 Å². The van der Waals surface area contributed by atoms with Crippen LogP contribution in [0.15, 0.2) is 65.1 Å². The Morgan fingerprint density at radius 1 is 0.917 bits per heavy atom. The van der Waals surface area contributed by atoms with Gasteiger partial charge in [0.05, 0.1) is 35.5 Å². The normalized spacial score (nSPS) is 11.8. The zero-order valence-corrected chi connectivity index (χ0v) is 14.7. The Morgan fingerprint density at radius 3 is 2.21 bits per heavy atom. The Morgan fingerprint density at radius 2 is 1.54 bits per heavy atom. The molecular weight excluding hydrogens is 323 g/mol. The van der Waals surface area contributed by atoms with E-state index < -0.39 is 7.60 Å². The highest BCUT2D eigenvalue weighted by Gasteiger charge is 2.33. The highest BCUT2D eigenvalue weighted by Crippen LogP contribution is 2.49. The molecule has 0 saturated carbocycles. The zero-order chi connectivity index (χ0) is 17.0. The van der Waals surface area contributed by atoms with E-state index in [0.717, 1.165) is 10.9 Å². The van der Waals surface area contributed by atoms with Crippen LogP contribution in [0.4, 0.5) is 0 Å². The van der Waals surface area contributed by atoms with E-state index in [-0.39, 0.29) is 0 Å². The topological polar surface area (TPSA) is 46.8 Å². The lowest BCUT2D eigenvalue weighted by Gasteiger charge is -2.17. The maximum atomic E-state index is 13.3. The Kier molecular flexibility index (Phi) is 5.10. The second-order valence-electron chi connectivity index (χ2n) is 5.19. The summed E-state index contributed by atoms with van der Waals surface area (Å²) in [6.45, 7) is 4.22. The van der Waals surface area contributed by atoms with Gasteiger partial charge in [-0.2, -0.15) is 0 Å². The molecule has 0 aliphatic heterocycles. The van der Waals surface area contributed by atoms with Crippen molar-refractivity contribution in [2.24, 2.45) is 0 Å². The fraction of sp³-hybridized carbons (Fsp3) is 0.211. The molecule has 5 heteroatoms. The quantitative estimate of drug-likeness (QED) is 0.452. The Balaban J connectivity index is 2.27. The van der Waals surface area contributed by atoms with E-state index in [1.54, 1.807) is 19.9 Å². The lowest BCUT2D eigenvalue weighted by atomic mass is 10.1. The van der Waals surface area contributed by atoms with Crippen LogP contribution in [0.2, 0.25) is 0 Å². The third-order valence-electron chi connectivity index (χ3n) is 3.60. The number of para-hydroxylation sites is 1. The van der Waals surface area contributed by atoms with Crippen molar-refractivity contribution in [2.45, 2.75) is 13.8 Å². The molecule has 3 aromatic rings. The average molecular weight is 343 g/mol. The zero-order valence-electron chi connectivity index (χ0n) is 13.8. The van der Waals surface area contributed by atoms with E-state index in [1.807, 2.05) is 54.6 Å². The largest absolute Gasteiger partial charge is 0.362 e. The number of rotatable bonds is 6. The van der Waals surface area contributed by atoms with E-state index in [0.29, 0.717) is 29.9 Å². The van der Waals surface area contributed by atoms with E-state index in [1.165, 1.54) is 0 Å². The fourth-order valence-corrected chi connectivity index (χ4v) is 4.39. The molecule has 4 nitrogen and oxygen atoms in total. The Hall–Kier alpha value is -2.00. The van der Waals surface area contributed by atoms with Crippen LogP contribution < -0.4 is 5.30 Å². The molecule has 0 radical (unpaired) electrons. The number of fused-ring (bicyclic) bond motifs is 1. The van der Waals surface area contributed by atoms with Crippen molar-refractivity contribution in [1.82, 2.24) is 0 Å². The first kappa shape index (κ1) is 16.8. The van der Waals surface area contributed by atoms with E-state index >= 15 is 0 Å². The molecule has 0 N–H and O–H groups in total. The van der Waals surface area contributed by atoms with Crippen LogP contribution in [-0.2, 0) is 13.6 Å². The van der Waals surface area contributed by atoms with E-state index in [2.05, 4.69) is 0 Å². The second kappa shape index (κ2) is 7.27. The molecule has 0 unspecified atom stereocenters. The van der Waals surface area contributed by atoms with Crippen molar-refractivity contribution >= 4 is 23.9 Å². The number of hydrogen-bond donors (Lipinski definition) is 0. The minimum atomic E-state index is -3.42. The first-order valence-electron chi connectivity index (χ1n) is 7.99. The SMILES string of the molecule is CCOP(=O)(OCC)c1cc(-c2ccccc2)[o+]c2ccccc12. The summed E-state index contributed by atoms with van der Waals surface area (Å²) in [6.07, 6.45) is 0. The molecule has 124 valence electrons. The van der Waals surface area contributed by atoms with Gasteiger partial charge >= 0.3 is 18.9 Å². The molecule has 1 heterocycles. The molecule has 3 rings (SSSR count). The van der Waals surface area contributed by atoms with Crippen molar-refractivity contribution in [2.75, 3.05) is 13.2 Å². The molecule has 1 aromatic heterocycles. The molecule has 0 aliphatic rings. The minimum Gasteiger partial charge on any atom is -0.305 e. The predicted molar refractivity (Wildman–Crippen MR) is 96.5 cm³/mol. The molecule has 0 fully saturated rings. The third kappa shape index (κ3) is 3.27. The van der Waals surface area contributed by atoms with Gasteiger partial charge in [-0.3, -0.25) is 4.57 Å². The molecule has 0 saturated heterocycles. The predicted octanol–water partition coefficient (Wildman–Crippen LogP) is 5.27. The monoisotopic (exact) mass is 343 g/mol. The number of hydrogen-bond acceptors (Lipinski definition) is 3. The van der Waals surface area contributed by atoms with Crippen LogP contribution in [-0.4, -0.2) is 13.2 Å². The molecule has 0 amide bonds. The van der Waals surface area contributed by atoms with Gasteiger partial charge in [-0.15, -0.1) is 0 Å². The van der Waals surface area contributed by atoms with Gasteiger partial charge in [0, 0.05) is 6.07 Å². The first-order valence-corrected chi connectivity index (χ1v) is 9.53. The lowest BCUT2D eigenvalue weighted by Crippen LogP contribution is -2.12. The van der Waals surface area contributed by atoms with Crippen LogP contribution in [0.5, 0.6) is 0 Å². The summed E-state index contributed by atoms with van der Waals surface area (Å²) in [4.78, 5) is 0. The molecule has 0 aliphatic carbocycles. The van der Waals surface area contributed by atoms with E-state index in [9.17, 15) is 4.57 Å². The highest BCUT2D eigenvalue weighted by atomic mass is 31.2. The van der Waals surface area contributed by atoms with Crippen LogP contribution in [0, 0.1) is 0 Å². The van der Waals surface area contributed by atoms with Gasteiger partial charge in [0.25, 0.3) is 0 Å². The summed E-state index contributed by atoms with van der Waals surface area (Å²) < 4.78 is 30.4. The lowest BCUT2D eigenvalue weighted by molar-refractivity contribution is 0.230. The smallest absolute Gasteiger partial charge is 0.305 e. The van der Waals surface area contributed by atoms with Crippen molar-refractivity contribution in [1.29, 1.82) is 0 Å². The average Bonchev–Trinajstić information content (AvgIpc) is 2.62. The molecule has 24 heavy (non-hydrogen) atoms. The van der Waals surface area contributed by atoms with Gasteiger partial charge in [-0.05, 0) is 32.0 Å². The minimum absolute atomic E-state index is 0.304. The molecular formula is C19H20O4P+. The van der Waals surface area contributed by atoms with E-state index in [4.69, 9.17) is 13.5 Å². The van der Waals surface area contributed by atoms with Crippen molar-refractivity contribution in [3.63, 3.8) is 0 Å². The molecule has 0 atom stereocenters. The van der Waals surface area contributed by atoms with Gasteiger partial charge in [0.2, 0.25) is 0 Å². The summed E-state index contributed by atoms with van der Waals surface area (Å²) in [5.74, 6) is 0.629. The van der Waals surface area contributed by atoms with Gasteiger partial charge in [0.1, 0.15) is 0 Å². The summed E-state index contributed by atoms with van der Waals surface area (Å²) in [7, 11) is -3.42. The summed E-state index contributed by atoms with van der Waals surface area (Å²) in [6, 6.07) is 19.0.